The third kappa shape index (κ3) is 2.67. The molecule has 0 aromatic carbocycles. The van der Waals surface area contributed by atoms with Gasteiger partial charge in [-0.05, 0) is 49.4 Å². The van der Waals surface area contributed by atoms with Crippen LogP contribution in [0.15, 0.2) is 0 Å². The zero-order valence-corrected chi connectivity index (χ0v) is 10.9. The van der Waals surface area contributed by atoms with E-state index < -0.39 is 0 Å². The molecular formula is C15H26O. The van der Waals surface area contributed by atoms with Crippen molar-refractivity contribution in [2.45, 2.75) is 65.2 Å². The zero-order valence-electron chi connectivity index (χ0n) is 10.9. The fourth-order valence-corrected chi connectivity index (χ4v) is 3.99. The number of carbonyl (C=O) groups is 1. The largest absolute Gasteiger partial charge is 0.300 e. The molecule has 0 aromatic rings. The maximum absolute atomic E-state index is 11.3. The van der Waals surface area contributed by atoms with Crippen LogP contribution in [0.2, 0.25) is 0 Å². The standard InChI is InChI=1S/C15H26O/c1-11(2)14-5-3-4-6-15(14)12-7-9-13(16)10-8-12/h11-12,14-15H,3-10H2,1-2H3. The van der Waals surface area contributed by atoms with Gasteiger partial charge in [-0.1, -0.05) is 26.7 Å². The molecule has 16 heavy (non-hydrogen) atoms. The van der Waals surface area contributed by atoms with Crippen molar-refractivity contribution in [3.8, 4) is 0 Å². The van der Waals surface area contributed by atoms with Gasteiger partial charge in [0.2, 0.25) is 0 Å². The summed E-state index contributed by atoms with van der Waals surface area (Å²) in [6.45, 7) is 4.77. The van der Waals surface area contributed by atoms with E-state index >= 15 is 0 Å². The Bertz CT molecular complexity index is 234. The first kappa shape index (κ1) is 12.1. The summed E-state index contributed by atoms with van der Waals surface area (Å²) in [6.07, 6.45) is 9.84. The number of ketones is 1. The van der Waals surface area contributed by atoms with Crippen LogP contribution in [0.1, 0.15) is 65.2 Å². The summed E-state index contributed by atoms with van der Waals surface area (Å²) in [6, 6.07) is 0. The van der Waals surface area contributed by atoms with Crippen molar-refractivity contribution in [3.63, 3.8) is 0 Å². The third-order valence-electron chi connectivity index (χ3n) is 4.92. The number of carbonyl (C=O) groups excluding carboxylic acids is 1. The lowest BCUT2D eigenvalue weighted by Crippen LogP contribution is -2.32. The zero-order chi connectivity index (χ0) is 11.5. The highest BCUT2D eigenvalue weighted by Crippen LogP contribution is 2.43. The molecule has 0 aromatic heterocycles. The minimum absolute atomic E-state index is 0.508. The fourth-order valence-electron chi connectivity index (χ4n) is 3.99. The van der Waals surface area contributed by atoms with Crippen molar-refractivity contribution in [2.24, 2.45) is 23.7 Å². The lowest BCUT2D eigenvalue weighted by atomic mass is 9.65. The summed E-state index contributed by atoms with van der Waals surface area (Å²) in [5, 5.41) is 0. The Morgan fingerprint density at radius 3 is 2.25 bits per heavy atom. The maximum Gasteiger partial charge on any atom is 0.132 e. The van der Waals surface area contributed by atoms with Gasteiger partial charge < -0.3 is 0 Å². The Balaban J connectivity index is 1.97. The van der Waals surface area contributed by atoms with Crippen LogP contribution in [0.25, 0.3) is 0 Å². The molecule has 2 atom stereocenters. The van der Waals surface area contributed by atoms with Gasteiger partial charge in [0.15, 0.2) is 0 Å². The second kappa shape index (κ2) is 5.33. The van der Waals surface area contributed by atoms with Gasteiger partial charge in [-0.2, -0.15) is 0 Å². The molecule has 2 rings (SSSR count). The summed E-state index contributed by atoms with van der Waals surface area (Å²) < 4.78 is 0. The Morgan fingerprint density at radius 1 is 1.00 bits per heavy atom. The Kier molecular flexibility index (Phi) is 4.05. The number of Topliss-reactive ketones (excluding diaryl/α,β-unsaturated/α-hetero) is 1. The van der Waals surface area contributed by atoms with Gasteiger partial charge in [0.25, 0.3) is 0 Å². The number of hydrogen-bond acceptors (Lipinski definition) is 1. The van der Waals surface area contributed by atoms with Gasteiger partial charge in [-0.3, -0.25) is 4.79 Å². The van der Waals surface area contributed by atoms with Gasteiger partial charge >= 0.3 is 0 Å². The first-order valence-electron chi connectivity index (χ1n) is 7.20. The topological polar surface area (TPSA) is 17.1 Å². The predicted molar refractivity (Wildman–Crippen MR) is 67.3 cm³/mol. The van der Waals surface area contributed by atoms with E-state index in [0.717, 1.165) is 36.5 Å². The van der Waals surface area contributed by atoms with Gasteiger partial charge in [0.05, 0.1) is 0 Å². The lowest BCUT2D eigenvalue weighted by Gasteiger charge is -2.40. The minimum Gasteiger partial charge on any atom is -0.300 e. The maximum atomic E-state index is 11.3. The van der Waals surface area contributed by atoms with Crippen LogP contribution in [0, 0.1) is 23.7 Å². The van der Waals surface area contributed by atoms with Gasteiger partial charge in [0, 0.05) is 12.8 Å². The van der Waals surface area contributed by atoms with Crippen molar-refractivity contribution in [3.05, 3.63) is 0 Å². The molecule has 1 heteroatoms. The third-order valence-corrected chi connectivity index (χ3v) is 4.92. The molecule has 0 spiro atoms. The van der Waals surface area contributed by atoms with E-state index in [-0.39, 0.29) is 0 Å². The van der Waals surface area contributed by atoms with E-state index in [9.17, 15) is 4.79 Å². The average Bonchev–Trinajstić information content (AvgIpc) is 2.30. The van der Waals surface area contributed by atoms with Crippen LogP contribution in [-0.4, -0.2) is 5.78 Å². The van der Waals surface area contributed by atoms with Gasteiger partial charge in [0.1, 0.15) is 5.78 Å². The van der Waals surface area contributed by atoms with Crippen LogP contribution in [0.4, 0.5) is 0 Å². The SMILES string of the molecule is CC(C)C1CCCCC1C1CCC(=O)CC1. The van der Waals surface area contributed by atoms with E-state index in [1.165, 1.54) is 38.5 Å². The van der Waals surface area contributed by atoms with E-state index in [1.807, 2.05) is 0 Å². The van der Waals surface area contributed by atoms with Crippen molar-refractivity contribution in [2.75, 3.05) is 0 Å². The van der Waals surface area contributed by atoms with Gasteiger partial charge in [-0.15, -0.1) is 0 Å². The second-order valence-electron chi connectivity index (χ2n) is 6.23. The van der Waals surface area contributed by atoms with E-state index in [1.54, 1.807) is 0 Å². The van der Waals surface area contributed by atoms with Crippen LogP contribution in [0.3, 0.4) is 0 Å². The van der Waals surface area contributed by atoms with Crippen LogP contribution in [0.5, 0.6) is 0 Å². The average molecular weight is 222 g/mol. The number of hydrogen-bond donors (Lipinski definition) is 0. The molecule has 1 nitrogen and oxygen atoms in total. The van der Waals surface area contributed by atoms with E-state index in [2.05, 4.69) is 13.8 Å². The predicted octanol–water partition coefficient (Wildman–Crippen LogP) is 4.21. The monoisotopic (exact) mass is 222 g/mol. The first-order valence-corrected chi connectivity index (χ1v) is 7.20. The minimum atomic E-state index is 0.508. The van der Waals surface area contributed by atoms with Crippen molar-refractivity contribution < 1.29 is 4.79 Å². The van der Waals surface area contributed by atoms with Crippen molar-refractivity contribution >= 4 is 5.78 Å². The van der Waals surface area contributed by atoms with Crippen molar-refractivity contribution in [1.29, 1.82) is 0 Å². The molecule has 0 aliphatic heterocycles. The molecule has 0 bridgehead atoms. The van der Waals surface area contributed by atoms with Gasteiger partial charge in [-0.25, -0.2) is 0 Å². The molecule has 2 fully saturated rings. The van der Waals surface area contributed by atoms with Crippen molar-refractivity contribution in [1.82, 2.24) is 0 Å². The summed E-state index contributed by atoms with van der Waals surface area (Å²) in [7, 11) is 0. The molecule has 2 unspecified atom stereocenters. The Hall–Kier alpha value is -0.330. The van der Waals surface area contributed by atoms with Crippen LogP contribution >= 0.6 is 0 Å². The highest BCUT2D eigenvalue weighted by atomic mass is 16.1. The molecule has 2 aliphatic rings. The molecule has 0 amide bonds. The Labute approximate surface area is 100.0 Å². The normalized spacial score (nSPS) is 33.3. The quantitative estimate of drug-likeness (QED) is 0.684. The van der Waals surface area contributed by atoms with E-state index in [4.69, 9.17) is 0 Å². The summed E-state index contributed by atoms with van der Waals surface area (Å²) in [5.41, 5.74) is 0. The molecule has 2 aliphatic carbocycles. The second-order valence-corrected chi connectivity index (χ2v) is 6.23. The summed E-state index contributed by atoms with van der Waals surface area (Å²) in [4.78, 5) is 11.3. The molecule has 0 heterocycles. The van der Waals surface area contributed by atoms with Crippen LogP contribution in [-0.2, 0) is 4.79 Å². The molecule has 92 valence electrons. The molecular weight excluding hydrogens is 196 g/mol. The smallest absolute Gasteiger partial charge is 0.132 e. The fraction of sp³-hybridized carbons (Fsp3) is 0.933. The highest BCUT2D eigenvalue weighted by molar-refractivity contribution is 5.79. The van der Waals surface area contributed by atoms with E-state index in [0.29, 0.717) is 5.78 Å². The molecule has 0 N–H and O–H groups in total. The first-order chi connectivity index (χ1) is 7.68. The lowest BCUT2D eigenvalue weighted by molar-refractivity contribution is -0.121. The molecule has 2 saturated carbocycles. The van der Waals surface area contributed by atoms with Crippen LogP contribution < -0.4 is 0 Å². The molecule has 0 radical (unpaired) electrons. The summed E-state index contributed by atoms with van der Waals surface area (Å²) in [5.74, 6) is 4.08. The highest BCUT2D eigenvalue weighted by Gasteiger charge is 2.34. The summed E-state index contributed by atoms with van der Waals surface area (Å²) >= 11 is 0. The molecule has 0 saturated heterocycles. The number of rotatable bonds is 2. The Morgan fingerprint density at radius 2 is 1.62 bits per heavy atom.